The van der Waals surface area contributed by atoms with Gasteiger partial charge in [0.15, 0.2) is 0 Å². The summed E-state index contributed by atoms with van der Waals surface area (Å²) in [6.07, 6.45) is 1.55. The largest absolute Gasteiger partial charge is 0.342 e. The number of amides is 1. The van der Waals surface area contributed by atoms with E-state index in [1.807, 2.05) is 27.7 Å². The van der Waals surface area contributed by atoms with Crippen molar-refractivity contribution < 1.29 is 9.18 Å². The minimum atomic E-state index is -1.06. The third-order valence-electron chi connectivity index (χ3n) is 2.74. The Hall–Kier alpha value is -0.600. The quantitative estimate of drug-likeness (QED) is 0.713. The number of piperidine rings is 1. The highest BCUT2D eigenvalue weighted by atomic mass is 19.1. The van der Waals surface area contributed by atoms with E-state index in [9.17, 15) is 9.18 Å². The Kier molecular flexibility index (Phi) is 6.61. The summed E-state index contributed by atoms with van der Waals surface area (Å²) in [5.74, 6) is 0.566. The lowest BCUT2D eigenvalue weighted by molar-refractivity contribution is -0.134. The molecule has 0 unspecified atom stereocenters. The molecule has 0 aromatic carbocycles. The summed E-state index contributed by atoms with van der Waals surface area (Å²) in [6.45, 7) is 10.8. The highest BCUT2D eigenvalue weighted by Crippen LogP contribution is 2.26. The van der Waals surface area contributed by atoms with E-state index < -0.39 is 5.67 Å². The van der Waals surface area contributed by atoms with Gasteiger partial charge in [-0.1, -0.05) is 27.7 Å². The number of likely N-dealkylation sites (tertiary alicyclic amines) is 1. The van der Waals surface area contributed by atoms with Crippen LogP contribution in [0.5, 0.6) is 0 Å². The van der Waals surface area contributed by atoms with Crippen molar-refractivity contribution in [3.63, 3.8) is 0 Å². The predicted octanol–water partition coefficient (Wildman–Crippen LogP) is 3.41. The highest BCUT2D eigenvalue weighted by molar-refractivity contribution is 5.76. The average molecular weight is 231 g/mol. The summed E-state index contributed by atoms with van der Waals surface area (Å²) in [5, 5.41) is 0. The fourth-order valence-electron chi connectivity index (χ4n) is 1.70. The first-order chi connectivity index (χ1) is 7.41. The van der Waals surface area contributed by atoms with Crippen LogP contribution in [0.2, 0.25) is 0 Å². The van der Waals surface area contributed by atoms with Crippen molar-refractivity contribution in [1.29, 1.82) is 0 Å². The number of nitrogens with zero attached hydrogens (tertiary/aromatic N) is 1. The van der Waals surface area contributed by atoms with Gasteiger partial charge in [0, 0.05) is 19.5 Å². The molecule has 0 saturated carbocycles. The molecule has 0 aromatic heterocycles. The Balaban J connectivity index is 0.00000106. The van der Waals surface area contributed by atoms with E-state index in [2.05, 4.69) is 0 Å². The van der Waals surface area contributed by atoms with Crippen molar-refractivity contribution in [3.05, 3.63) is 0 Å². The molecule has 0 bridgehead atoms. The maximum atomic E-state index is 13.4. The second-order valence-corrected chi connectivity index (χ2v) is 4.89. The first-order valence-corrected chi connectivity index (χ1v) is 6.37. The van der Waals surface area contributed by atoms with Gasteiger partial charge < -0.3 is 4.90 Å². The summed E-state index contributed by atoms with van der Waals surface area (Å²) < 4.78 is 13.4. The van der Waals surface area contributed by atoms with Gasteiger partial charge in [-0.2, -0.15) is 0 Å². The van der Waals surface area contributed by atoms with Crippen molar-refractivity contribution in [1.82, 2.24) is 4.90 Å². The summed E-state index contributed by atoms with van der Waals surface area (Å²) in [4.78, 5) is 13.4. The van der Waals surface area contributed by atoms with Crippen LogP contribution < -0.4 is 0 Å². The molecule has 0 aliphatic carbocycles. The second-order valence-electron chi connectivity index (χ2n) is 4.89. The van der Waals surface area contributed by atoms with Crippen LogP contribution >= 0.6 is 0 Å². The number of carbonyl (C=O) groups excluding carboxylic acids is 1. The van der Waals surface area contributed by atoms with Gasteiger partial charge >= 0.3 is 0 Å². The van der Waals surface area contributed by atoms with E-state index >= 15 is 0 Å². The van der Waals surface area contributed by atoms with Crippen LogP contribution in [0.15, 0.2) is 0 Å². The summed E-state index contributed by atoms with van der Waals surface area (Å²) in [7, 11) is 0. The third-order valence-corrected chi connectivity index (χ3v) is 2.74. The monoisotopic (exact) mass is 231 g/mol. The Labute approximate surface area is 99.2 Å². The van der Waals surface area contributed by atoms with Gasteiger partial charge in [0.25, 0.3) is 0 Å². The molecule has 1 saturated heterocycles. The van der Waals surface area contributed by atoms with Gasteiger partial charge in [-0.15, -0.1) is 0 Å². The van der Waals surface area contributed by atoms with Crippen molar-refractivity contribution in [2.75, 3.05) is 13.1 Å². The zero-order chi connectivity index (χ0) is 12.8. The molecule has 96 valence electrons. The Morgan fingerprint density at radius 3 is 2.12 bits per heavy atom. The molecule has 2 nitrogen and oxygen atoms in total. The van der Waals surface area contributed by atoms with Crippen molar-refractivity contribution in [2.45, 2.75) is 59.5 Å². The van der Waals surface area contributed by atoms with Gasteiger partial charge in [-0.3, -0.25) is 4.79 Å². The lowest BCUT2D eigenvalue weighted by atomic mass is 9.95. The van der Waals surface area contributed by atoms with E-state index in [-0.39, 0.29) is 5.91 Å². The van der Waals surface area contributed by atoms with Gasteiger partial charge in [-0.05, 0) is 25.7 Å². The van der Waals surface area contributed by atoms with Gasteiger partial charge in [0.1, 0.15) is 5.67 Å². The molecule has 1 heterocycles. The number of carbonyl (C=O) groups is 1. The maximum absolute atomic E-state index is 13.4. The topological polar surface area (TPSA) is 20.3 Å². The molecule has 0 atom stereocenters. The molecular formula is C13H26FNO. The third kappa shape index (κ3) is 5.47. The molecule has 1 aliphatic rings. The number of rotatable bonds is 2. The zero-order valence-electron chi connectivity index (χ0n) is 11.3. The molecule has 1 amide bonds. The molecular weight excluding hydrogens is 205 g/mol. The van der Waals surface area contributed by atoms with Crippen LogP contribution in [-0.4, -0.2) is 29.6 Å². The smallest absolute Gasteiger partial charge is 0.222 e. The van der Waals surface area contributed by atoms with Gasteiger partial charge in [0.2, 0.25) is 5.91 Å². The molecule has 0 N–H and O–H groups in total. The zero-order valence-corrected chi connectivity index (χ0v) is 11.3. The molecule has 0 aromatic rings. The predicted molar refractivity (Wildman–Crippen MR) is 66.1 cm³/mol. The van der Waals surface area contributed by atoms with E-state index in [1.165, 1.54) is 0 Å². The van der Waals surface area contributed by atoms with Crippen LogP contribution in [0.4, 0.5) is 4.39 Å². The van der Waals surface area contributed by atoms with Crippen LogP contribution in [0.3, 0.4) is 0 Å². The van der Waals surface area contributed by atoms with Gasteiger partial charge in [0.05, 0.1) is 0 Å². The minimum Gasteiger partial charge on any atom is -0.342 e. The Morgan fingerprint density at radius 1 is 1.31 bits per heavy atom. The SMILES string of the molecule is CC.CC(C)CC(=O)N1CCC(C)(F)CC1. The fraction of sp³-hybridized carbons (Fsp3) is 0.923. The first kappa shape index (κ1) is 15.4. The lowest BCUT2D eigenvalue weighted by Crippen LogP contribution is -2.43. The van der Waals surface area contributed by atoms with E-state index in [1.54, 1.807) is 11.8 Å². The van der Waals surface area contributed by atoms with Crippen molar-refractivity contribution in [3.8, 4) is 0 Å². The minimum absolute atomic E-state index is 0.176. The summed E-state index contributed by atoms with van der Waals surface area (Å²) >= 11 is 0. The summed E-state index contributed by atoms with van der Waals surface area (Å²) in [5.41, 5.74) is -1.06. The first-order valence-electron chi connectivity index (χ1n) is 6.37. The van der Waals surface area contributed by atoms with E-state index in [0.717, 1.165) is 0 Å². The van der Waals surface area contributed by atoms with Crippen LogP contribution in [-0.2, 0) is 4.79 Å². The number of hydrogen-bond donors (Lipinski definition) is 0. The van der Waals surface area contributed by atoms with Gasteiger partial charge in [-0.25, -0.2) is 4.39 Å². The molecule has 0 radical (unpaired) electrons. The van der Waals surface area contributed by atoms with Crippen molar-refractivity contribution in [2.24, 2.45) is 5.92 Å². The number of alkyl halides is 1. The maximum Gasteiger partial charge on any atom is 0.222 e. The van der Waals surface area contributed by atoms with Crippen LogP contribution in [0.25, 0.3) is 0 Å². The second kappa shape index (κ2) is 6.87. The highest BCUT2D eigenvalue weighted by Gasteiger charge is 2.31. The number of hydrogen-bond acceptors (Lipinski definition) is 1. The number of halogens is 1. The molecule has 16 heavy (non-hydrogen) atoms. The summed E-state index contributed by atoms with van der Waals surface area (Å²) in [6, 6.07) is 0. The Morgan fingerprint density at radius 2 is 1.75 bits per heavy atom. The lowest BCUT2D eigenvalue weighted by Gasteiger charge is -2.34. The normalized spacial score (nSPS) is 19.1. The average Bonchev–Trinajstić information content (AvgIpc) is 2.19. The standard InChI is InChI=1S/C11H20FNO.C2H6/c1-9(2)8-10(14)13-6-4-11(3,12)5-7-13;1-2/h9H,4-8H2,1-3H3;1-2H3. The molecule has 1 rings (SSSR count). The molecule has 1 aliphatic heterocycles. The van der Waals surface area contributed by atoms with Crippen LogP contribution in [0.1, 0.15) is 53.9 Å². The van der Waals surface area contributed by atoms with Crippen LogP contribution in [0, 0.1) is 5.92 Å². The molecule has 1 fully saturated rings. The Bertz CT molecular complexity index is 204. The van der Waals surface area contributed by atoms with Crippen molar-refractivity contribution >= 4 is 5.91 Å². The fourth-order valence-corrected chi connectivity index (χ4v) is 1.70. The van der Waals surface area contributed by atoms with E-state index in [4.69, 9.17) is 0 Å². The van der Waals surface area contributed by atoms with E-state index in [0.29, 0.717) is 38.3 Å². The molecule has 3 heteroatoms. The molecule has 0 spiro atoms.